The van der Waals surface area contributed by atoms with Crippen molar-refractivity contribution in [3.63, 3.8) is 0 Å². The van der Waals surface area contributed by atoms with Gasteiger partial charge in [0, 0.05) is 38.5 Å². The Morgan fingerprint density at radius 2 is 1.29 bits per heavy atom. The summed E-state index contributed by atoms with van der Waals surface area (Å²) in [6.45, 7) is 0. The first-order valence-electron chi connectivity index (χ1n) is 14.3. The first kappa shape index (κ1) is 22.4. The Hall–Kier alpha value is -5.25. The van der Waals surface area contributed by atoms with E-state index >= 15 is 0 Å². The van der Waals surface area contributed by atoms with Crippen LogP contribution < -0.4 is 0 Å². The molecule has 0 bridgehead atoms. The van der Waals surface area contributed by atoms with Gasteiger partial charge in [-0.3, -0.25) is 0 Å². The predicted octanol–water partition coefficient (Wildman–Crippen LogP) is 11.0. The summed E-state index contributed by atoms with van der Waals surface area (Å²) in [6, 6.07) is 48.7. The molecule has 0 N–H and O–H groups in total. The topological polar surface area (TPSA) is 17.8 Å². The van der Waals surface area contributed by atoms with Crippen molar-refractivity contribution in [2.75, 3.05) is 0 Å². The van der Waals surface area contributed by atoms with Crippen LogP contribution in [-0.2, 0) is 0 Å². The van der Waals surface area contributed by atoms with E-state index in [0.29, 0.717) is 0 Å². The van der Waals surface area contributed by atoms with Crippen LogP contribution in [0.25, 0.3) is 92.1 Å². The monoisotopic (exact) mass is 550 g/mol. The fourth-order valence-electron chi connectivity index (χ4n) is 7.04. The lowest BCUT2D eigenvalue weighted by atomic mass is 9.96. The highest BCUT2D eigenvalue weighted by Gasteiger charge is 2.27. The smallest absolute Gasteiger partial charge is 0.124 e. The van der Waals surface area contributed by atoms with Gasteiger partial charge in [0.05, 0.1) is 21.6 Å². The maximum absolute atomic E-state index is 5.17. The molecule has 194 valence electrons. The molecule has 0 amide bonds. The van der Waals surface area contributed by atoms with Crippen LogP contribution in [0.2, 0.25) is 0 Å². The van der Waals surface area contributed by atoms with E-state index in [1.807, 2.05) is 0 Å². The van der Waals surface area contributed by atoms with Crippen LogP contribution >= 0.6 is 11.3 Å². The van der Waals surface area contributed by atoms with Gasteiger partial charge < -0.3 is 4.57 Å². The van der Waals surface area contributed by atoms with Crippen molar-refractivity contribution in [1.29, 1.82) is 0 Å². The highest BCUT2D eigenvalue weighted by atomic mass is 32.1. The van der Waals surface area contributed by atoms with Crippen molar-refractivity contribution >= 4 is 65.5 Å². The second kappa shape index (κ2) is 8.16. The molecule has 0 atom stereocenters. The van der Waals surface area contributed by atoms with Crippen molar-refractivity contribution in [3.8, 4) is 38.0 Å². The molecular formula is C39H22N2S. The first-order chi connectivity index (χ1) is 20.8. The van der Waals surface area contributed by atoms with Crippen molar-refractivity contribution < 1.29 is 0 Å². The maximum Gasteiger partial charge on any atom is 0.124 e. The van der Waals surface area contributed by atoms with Crippen LogP contribution in [0, 0.1) is 0 Å². The van der Waals surface area contributed by atoms with E-state index in [2.05, 4.69) is 138 Å². The molecule has 0 saturated carbocycles. The van der Waals surface area contributed by atoms with Gasteiger partial charge in [-0.1, -0.05) is 97.1 Å². The number of hydrogen-bond acceptors (Lipinski definition) is 2. The van der Waals surface area contributed by atoms with Gasteiger partial charge >= 0.3 is 0 Å². The summed E-state index contributed by atoms with van der Waals surface area (Å²) in [5.41, 5.74) is 8.49. The molecule has 7 aromatic carbocycles. The maximum atomic E-state index is 5.17. The van der Waals surface area contributed by atoms with Crippen LogP contribution in [0.15, 0.2) is 133 Å². The average molecular weight is 551 g/mol. The lowest BCUT2D eigenvalue weighted by Gasteiger charge is -2.12. The van der Waals surface area contributed by atoms with Crippen LogP contribution in [0.3, 0.4) is 0 Å². The van der Waals surface area contributed by atoms with Gasteiger partial charge in [0.25, 0.3) is 0 Å². The largest absolute Gasteiger partial charge is 0.309 e. The standard InChI is InChI=1S/C39H22N2S/c1-2-9-23(10-3-1)39-40-37-33-20-26-17-18-27(22-31(26)29-14-8-15-30(36(29)33)38(37)42-39)41-34-16-7-6-13-28(34)32-19-24-11-4-5-12-25(24)21-35(32)41/h1-22H. The number of aromatic nitrogens is 2. The number of fused-ring (bicyclic) bond motifs is 9. The zero-order valence-corrected chi connectivity index (χ0v) is 23.3. The Morgan fingerprint density at radius 1 is 0.500 bits per heavy atom. The van der Waals surface area contributed by atoms with E-state index < -0.39 is 0 Å². The van der Waals surface area contributed by atoms with Crippen molar-refractivity contribution in [2.24, 2.45) is 0 Å². The number of thiazole rings is 1. The molecule has 0 unspecified atom stereocenters. The fourth-order valence-corrected chi connectivity index (χ4v) is 8.15. The molecule has 0 radical (unpaired) electrons. The van der Waals surface area contributed by atoms with Crippen molar-refractivity contribution in [2.45, 2.75) is 0 Å². The highest BCUT2D eigenvalue weighted by molar-refractivity contribution is 7.19. The zero-order chi connectivity index (χ0) is 27.4. The third kappa shape index (κ3) is 2.95. The Morgan fingerprint density at radius 3 is 2.19 bits per heavy atom. The van der Waals surface area contributed by atoms with Crippen LogP contribution in [0.5, 0.6) is 0 Å². The van der Waals surface area contributed by atoms with Crippen LogP contribution in [-0.4, -0.2) is 9.55 Å². The molecule has 2 heterocycles. The second-order valence-corrected chi connectivity index (χ2v) is 12.2. The third-order valence-electron chi connectivity index (χ3n) is 8.91. The number of benzene rings is 7. The molecule has 2 aromatic heterocycles. The van der Waals surface area contributed by atoms with Gasteiger partial charge in [-0.25, -0.2) is 4.98 Å². The summed E-state index contributed by atoms with van der Waals surface area (Å²) in [7, 11) is 0. The molecule has 3 heteroatoms. The summed E-state index contributed by atoms with van der Waals surface area (Å²) in [4.78, 5) is 6.45. The minimum Gasteiger partial charge on any atom is -0.309 e. The molecule has 0 spiro atoms. The van der Waals surface area contributed by atoms with E-state index in [1.54, 1.807) is 11.3 Å². The number of nitrogens with zero attached hydrogens (tertiary/aromatic N) is 2. The molecule has 0 saturated heterocycles. The molecule has 2 nitrogen and oxygen atoms in total. The van der Waals surface area contributed by atoms with E-state index in [9.17, 15) is 0 Å². The third-order valence-corrected chi connectivity index (χ3v) is 10.0. The minimum absolute atomic E-state index is 1.08. The van der Waals surface area contributed by atoms with Gasteiger partial charge in [-0.05, 0) is 63.3 Å². The van der Waals surface area contributed by atoms with Crippen molar-refractivity contribution in [3.05, 3.63) is 133 Å². The van der Waals surface area contributed by atoms with E-state index in [4.69, 9.17) is 4.98 Å². The normalized spacial score (nSPS) is 12.3. The number of rotatable bonds is 2. The van der Waals surface area contributed by atoms with Gasteiger partial charge in [0.15, 0.2) is 0 Å². The average Bonchev–Trinajstić information content (AvgIpc) is 3.71. The molecule has 0 aliphatic heterocycles. The Labute approximate surface area is 245 Å². The molecule has 42 heavy (non-hydrogen) atoms. The van der Waals surface area contributed by atoms with Gasteiger partial charge in [0.2, 0.25) is 0 Å². The second-order valence-electron chi connectivity index (χ2n) is 11.2. The summed E-state index contributed by atoms with van der Waals surface area (Å²) in [6.07, 6.45) is 0. The SMILES string of the molecule is c1ccc(-c2nc3c(s2)-c2cccc4c2c-3cc2ccc(-n3c5ccccc5c5cc6ccccc6cc53)cc24)cc1. The fraction of sp³-hybridized carbons (Fsp3) is 0. The summed E-state index contributed by atoms with van der Waals surface area (Å²) >= 11 is 1.80. The van der Waals surface area contributed by atoms with Crippen LogP contribution in [0.1, 0.15) is 0 Å². The molecule has 0 fully saturated rings. The van der Waals surface area contributed by atoms with E-state index in [1.165, 1.54) is 81.4 Å². The first-order valence-corrected chi connectivity index (χ1v) is 15.1. The van der Waals surface area contributed by atoms with Gasteiger partial charge in [-0.15, -0.1) is 11.3 Å². The zero-order valence-electron chi connectivity index (χ0n) is 22.5. The highest BCUT2D eigenvalue weighted by Crippen LogP contribution is 2.53. The van der Waals surface area contributed by atoms with Crippen molar-refractivity contribution in [1.82, 2.24) is 9.55 Å². The molecule has 1 aliphatic rings. The minimum atomic E-state index is 1.08. The van der Waals surface area contributed by atoms with E-state index in [-0.39, 0.29) is 0 Å². The van der Waals surface area contributed by atoms with Gasteiger partial charge in [0.1, 0.15) is 5.01 Å². The Balaban J connectivity index is 1.23. The molecule has 1 aliphatic carbocycles. The van der Waals surface area contributed by atoms with Crippen LogP contribution in [0.4, 0.5) is 0 Å². The Bertz CT molecular complexity index is 2570. The lowest BCUT2D eigenvalue weighted by molar-refractivity contribution is 1.19. The summed E-state index contributed by atoms with van der Waals surface area (Å²) in [5.74, 6) is 0. The summed E-state index contributed by atoms with van der Waals surface area (Å²) < 4.78 is 2.43. The molecule has 10 rings (SSSR count). The predicted molar refractivity (Wildman–Crippen MR) is 179 cm³/mol. The Kier molecular flexibility index (Phi) is 4.36. The molecular weight excluding hydrogens is 529 g/mol. The summed E-state index contributed by atoms with van der Waals surface area (Å²) in [5, 5.41) is 11.3. The van der Waals surface area contributed by atoms with Gasteiger partial charge in [-0.2, -0.15) is 0 Å². The van der Waals surface area contributed by atoms with E-state index in [0.717, 1.165) is 10.7 Å². The molecule has 9 aromatic rings. The lowest BCUT2D eigenvalue weighted by Crippen LogP contribution is -1.94. The number of hydrogen-bond donors (Lipinski definition) is 0. The quantitative estimate of drug-likeness (QED) is 0.196. The number of para-hydroxylation sites is 1.